The number of anilines is 1. The average molecular weight is 262 g/mol. The Balaban J connectivity index is 2.01. The average Bonchev–Trinajstić information content (AvgIpc) is 2.64. The van der Waals surface area contributed by atoms with Crippen molar-refractivity contribution in [3.63, 3.8) is 0 Å². The first-order valence-corrected chi connectivity index (χ1v) is 7.47. The van der Waals surface area contributed by atoms with E-state index in [-0.39, 0.29) is 0 Å². The van der Waals surface area contributed by atoms with Crippen molar-refractivity contribution in [2.45, 2.75) is 46.1 Å². The molecule has 1 aromatic rings. The summed E-state index contributed by atoms with van der Waals surface area (Å²) in [5.41, 5.74) is 0.888. The van der Waals surface area contributed by atoms with E-state index in [9.17, 15) is 5.11 Å². The molecule has 1 saturated heterocycles. The van der Waals surface area contributed by atoms with Crippen molar-refractivity contribution >= 4 is 5.82 Å². The molecule has 2 atom stereocenters. The quantitative estimate of drug-likeness (QED) is 0.907. The van der Waals surface area contributed by atoms with Crippen LogP contribution in [0.3, 0.4) is 0 Å². The highest BCUT2D eigenvalue weighted by molar-refractivity contribution is 5.39. The van der Waals surface area contributed by atoms with Gasteiger partial charge in [0.1, 0.15) is 5.82 Å². The van der Waals surface area contributed by atoms with Gasteiger partial charge in [-0.05, 0) is 49.7 Å². The molecule has 0 radical (unpaired) electrons. The molecule has 1 aromatic heterocycles. The van der Waals surface area contributed by atoms with E-state index < -0.39 is 6.10 Å². The normalized spacial score (nSPS) is 22.4. The van der Waals surface area contributed by atoms with E-state index in [0.717, 1.165) is 36.3 Å². The molecule has 0 aromatic carbocycles. The molecule has 3 nitrogen and oxygen atoms in total. The SMILES string of the molecule is CC(O)c1ccc(N2CCCC(C(C)C)CC2)nc1. The van der Waals surface area contributed by atoms with Gasteiger partial charge in [0.25, 0.3) is 0 Å². The third-order valence-corrected chi connectivity index (χ3v) is 4.29. The minimum atomic E-state index is -0.434. The lowest BCUT2D eigenvalue weighted by Crippen LogP contribution is -2.25. The zero-order valence-corrected chi connectivity index (χ0v) is 12.3. The second kappa shape index (κ2) is 6.38. The topological polar surface area (TPSA) is 36.4 Å². The van der Waals surface area contributed by atoms with Gasteiger partial charge >= 0.3 is 0 Å². The summed E-state index contributed by atoms with van der Waals surface area (Å²) in [4.78, 5) is 6.88. The predicted octanol–water partition coefficient (Wildman–Crippen LogP) is 3.40. The molecule has 2 rings (SSSR count). The molecule has 1 N–H and O–H groups in total. The molecule has 0 saturated carbocycles. The number of aliphatic hydroxyl groups excluding tert-OH is 1. The number of hydrogen-bond acceptors (Lipinski definition) is 3. The molecule has 0 bridgehead atoms. The summed E-state index contributed by atoms with van der Waals surface area (Å²) in [6.07, 6.45) is 5.21. The molecular weight excluding hydrogens is 236 g/mol. The van der Waals surface area contributed by atoms with Crippen molar-refractivity contribution in [1.29, 1.82) is 0 Å². The van der Waals surface area contributed by atoms with E-state index in [0.29, 0.717) is 0 Å². The first kappa shape index (κ1) is 14.3. The lowest BCUT2D eigenvalue weighted by Gasteiger charge is -2.22. The van der Waals surface area contributed by atoms with Gasteiger partial charge in [0.15, 0.2) is 0 Å². The molecule has 2 unspecified atom stereocenters. The van der Waals surface area contributed by atoms with E-state index in [1.165, 1.54) is 19.3 Å². The van der Waals surface area contributed by atoms with Crippen molar-refractivity contribution in [3.8, 4) is 0 Å². The smallest absolute Gasteiger partial charge is 0.128 e. The van der Waals surface area contributed by atoms with Crippen LogP contribution in [0, 0.1) is 11.8 Å². The molecule has 1 fully saturated rings. The Morgan fingerprint density at radius 2 is 2.00 bits per heavy atom. The van der Waals surface area contributed by atoms with Crippen molar-refractivity contribution in [2.75, 3.05) is 18.0 Å². The van der Waals surface area contributed by atoms with Gasteiger partial charge in [-0.25, -0.2) is 4.98 Å². The Bertz CT molecular complexity index is 386. The maximum Gasteiger partial charge on any atom is 0.128 e. The summed E-state index contributed by atoms with van der Waals surface area (Å²) in [7, 11) is 0. The predicted molar refractivity (Wildman–Crippen MR) is 79.3 cm³/mol. The van der Waals surface area contributed by atoms with Gasteiger partial charge in [-0.3, -0.25) is 0 Å². The van der Waals surface area contributed by atoms with E-state index in [2.05, 4.69) is 23.7 Å². The van der Waals surface area contributed by atoms with Gasteiger partial charge in [-0.1, -0.05) is 19.9 Å². The van der Waals surface area contributed by atoms with Crippen LogP contribution in [-0.4, -0.2) is 23.2 Å². The molecule has 19 heavy (non-hydrogen) atoms. The molecule has 0 aliphatic carbocycles. The number of aromatic nitrogens is 1. The molecule has 2 heterocycles. The summed E-state index contributed by atoms with van der Waals surface area (Å²) >= 11 is 0. The second-order valence-electron chi connectivity index (χ2n) is 6.05. The van der Waals surface area contributed by atoms with E-state index in [1.807, 2.05) is 12.1 Å². The Morgan fingerprint density at radius 1 is 1.21 bits per heavy atom. The highest BCUT2D eigenvalue weighted by Crippen LogP contribution is 2.26. The van der Waals surface area contributed by atoms with Gasteiger partial charge in [0.2, 0.25) is 0 Å². The van der Waals surface area contributed by atoms with Gasteiger partial charge in [0, 0.05) is 19.3 Å². The Labute approximate surface area is 116 Å². The number of aliphatic hydroxyl groups is 1. The van der Waals surface area contributed by atoms with Crippen LogP contribution in [-0.2, 0) is 0 Å². The monoisotopic (exact) mass is 262 g/mol. The first-order valence-electron chi connectivity index (χ1n) is 7.47. The van der Waals surface area contributed by atoms with Crippen LogP contribution in [0.2, 0.25) is 0 Å². The zero-order valence-electron chi connectivity index (χ0n) is 12.3. The minimum Gasteiger partial charge on any atom is -0.389 e. The maximum absolute atomic E-state index is 9.51. The Hall–Kier alpha value is -1.09. The number of hydrogen-bond donors (Lipinski definition) is 1. The van der Waals surface area contributed by atoms with Crippen LogP contribution in [0.15, 0.2) is 18.3 Å². The fourth-order valence-corrected chi connectivity index (χ4v) is 2.85. The number of rotatable bonds is 3. The summed E-state index contributed by atoms with van der Waals surface area (Å²) in [6.45, 7) is 8.63. The van der Waals surface area contributed by atoms with Crippen LogP contribution in [0.5, 0.6) is 0 Å². The molecule has 0 spiro atoms. The molecule has 1 aliphatic heterocycles. The van der Waals surface area contributed by atoms with Crippen molar-refractivity contribution in [1.82, 2.24) is 4.98 Å². The summed E-state index contributed by atoms with van der Waals surface area (Å²) < 4.78 is 0. The van der Waals surface area contributed by atoms with Crippen LogP contribution in [0.4, 0.5) is 5.82 Å². The van der Waals surface area contributed by atoms with Gasteiger partial charge in [0.05, 0.1) is 6.10 Å². The third kappa shape index (κ3) is 3.69. The largest absolute Gasteiger partial charge is 0.389 e. The summed E-state index contributed by atoms with van der Waals surface area (Å²) in [6, 6.07) is 4.02. The van der Waals surface area contributed by atoms with Crippen molar-refractivity contribution in [2.24, 2.45) is 11.8 Å². The van der Waals surface area contributed by atoms with Crippen LogP contribution >= 0.6 is 0 Å². The highest BCUT2D eigenvalue weighted by Gasteiger charge is 2.20. The summed E-state index contributed by atoms with van der Waals surface area (Å²) in [5.74, 6) is 2.68. The van der Waals surface area contributed by atoms with E-state index in [1.54, 1.807) is 13.1 Å². The maximum atomic E-state index is 9.51. The molecule has 0 amide bonds. The van der Waals surface area contributed by atoms with Crippen LogP contribution < -0.4 is 4.90 Å². The molecule has 1 aliphatic rings. The lowest BCUT2D eigenvalue weighted by atomic mass is 9.89. The first-order chi connectivity index (χ1) is 9.08. The van der Waals surface area contributed by atoms with E-state index in [4.69, 9.17) is 0 Å². The van der Waals surface area contributed by atoms with Gasteiger partial charge in [-0.15, -0.1) is 0 Å². The molecular formula is C16H26N2O. The van der Waals surface area contributed by atoms with Gasteiger partial charge in [-0.2, -0.15) is 0 Å². The highest BCUT2D eigenvalue weighted by atomic mass is 16.3. The lowest BCUT2D eigenvalue weighted by molar-refractivity contribution is 0.199. The van der Waals surface area contributed by atoms with Crippen LogP contribution in [0.1, 0.15) is 51.7 Å². The zero-order chi connectivity index (χ0) is 13.8. The van der Waals surface area contributed by atoms with Crippen molar-refractivity contribution in [3.05, 3.63) is 23.9 Å². The van der Waals surface area contributed by atoms with Gasteiger partial charge < -0.3 is 10.0 Å². The standard InChI is InChI=1S/C16H26N2O/c1-12(2)14-5-4-9-18(10-8-14)16-7-6-15(11-17-16)13(3)19/h6-7,11-14,19H,4-5,8-10H2,1-3H3. The number of pyridine rings is 1. The van der Waals surface area contributed by atoms with Crippen LogP contribution in [0.25, 0.3) is 0 Å². The number of nitrogens with zero attached hydrogens (tertiary/aromatic N) is 2. The minimum absolute atomic E-state index is 0.434. The second-order valence-corrected chi connectivity index (χ2v) is 6.05. The molecule has 106 valence electrons. The van der Waals surface area contributed by atoms with E-state index >= 15 is 0 Å². The van der Waals surface area contributed by atoms with Crippen molar-refractivity contribution < 1.29 is 5.11 Å². The fraction of sp³-hybridized carbons (Fsp3) is 0.688. The summed E-state index contributed by atoms with van der Waals surface area (Å²) in [5, 5.41) is 9.51. The molecule has 3 heteroatoms. The Morgan fingerprint density at radius 3 is 2.58 bits per heavy atom. The third-order valence-electron chi connectivity index (χ3n) is 4.29. The Kier molecular flexibility index (Phi) is 4.81. The fourth-order valence-electron chi connectivity index (χ4n) is 2.85.